The largest absolute Gasteiger partial charge is 0.394 e. The molecule has 1 aromatic carbocycles. The molecule has 0 aliphatic heterocycles. The standard InChI is InChI=1S/C8H9Br2NO.ClH/c9-6-2-1-5(3-7(6)10)8(11)4-12;/h1-3,8,12H,4,11H2;1H/t8-;/m0./s1. The Labute approximate surface area is 100 Å². The fourth-order valence-electron chi connectivity index (χ4n) is 0.848. The second-order valence-corrected chi connectivity index (χ2v) is 4.17. The Morgan fingerprint density at radius 1 is 1.31 bits per heavy atom. The number of hydrogen-bond donors (Lipinski definition) is 2. The molecule has 0 saturated heterocycles. The molecular weight excluding hydrogens is 321 g/mol. The van der Waals surface area contributed by atoms with E-state index in [1.165, 1.54) is 0 Å². The Morgan fingerprint density at radius 3 is 2.38 bits per heavy atom. The van der Waals surface area contributed by atoms with Crippen LogP contribution in [0.25, 0.3) is 0 Å². The fourth-order valence-corrected chi connectivity index (χ4v) is 1.49. The molecule has 1 atom stereocenters. The summed E-state index contributed by atoms with van der Waals surface area (Å²) in [5.41, 5.74) is 6.55. The summed E-state index contributed by atoms with van der Waals surface area (Å²) in [4.78, 5) is 0. The van der Waals surface area contributed by atoms with Gasteiger partial charge in [0.05, 0.1) is 12.6 Å². The highest BCUT2D eigenvalue weighted by Crippen LogP contribution is 2.25. The molecule has 13 heavy (non-hydrogen) atoms. The Morgan fingerprint density at radius 2 is 1.92 bits per heavy atom. The lowest BCUT2D eigenvalue weighted by Crippen LogP contribution is -2.14. The fraction of sp³-hybridized carbons (Fsp3) is 0.250. The first-order valence-electron chi connectivity index (χ1n) is 3.46. The van der Waals surface area contributed by atoms with Crippen LogP contribution in [0.2, 0.25) is 0 Å². The predicted octanol–water partition coefficient (Wildman–Crippen LogP) is 2.63. The minimum Gasteiger partial charge on any atom is -0.394 e. The van der Waals surface area contributed by atoms with E-state index in [2.05, 4.69) is 31.9 Å². The SMILES string of the molecule is Cl.N[C@@H](CO)c1ccc(Br)c(Br)c1. The summed E-state index contributed by atoms with van der Waals surface area (Å²) in [6, 6.07) is 5.38. The van der Waals surface area contributed by atoms with Crippen LogP contribution in [0.1, 0.15) is 11.6 Å². The lowest BCUT2D eigenvalue weighted by molar-refractivity contribution is 0.268. The third-order valence-electron chi connectivity index (χ3n) is 1.57. The minimum atomic E-state index is -0.297. The van der Waals surface area contributed by atoms with Crippen LogP contribution in [-0.4, -0.2) is 11.7 Å². The maximum Gasteiger partial charge on any atom is 0.0624 e. The molecule has 0 unspecified atom stereocenters. The van der Waals surface area contributed by atoms with Crippen molar-refractivity contribution >= 4 is 44.3 Å². The number of rotatable bonds is 2. The molecule has 74 valence electrons. The summed E-state index contributed by atoms with van der Waals surface area (Å²) in [6.45, 7) is -0.0337. The van der Waals surface area contributed by atoms with E-state index in [-0.39, 0.29) is 25.1 Å². The van der Waals surface area contributed by atoms with Gasteiger partial charge in [-0.1, -0.05) is 6.07 Å². The number of hydrogen-bond acceptors (Lipinski definition) is 2. The first-order chi connectivity index (χ1) is 5.65. The van der Waals surface area contributed by atoms with E-state index in [9.17, 15) is 0 Å². The van der Waals surface area contributed by atoms with Crippen molar-refractivity contribution in [2.45, 2.75) is 6.04 Å². The van der Waals surface area contributed by atoms with Gasteiger partial charge in [-0.2, -0.15) is 0 Å². The van der Waals surface area contributed by atoms with Gasteiger partial charge in [0, 0.05) is 8.95 Å². The summed E-state index contributed by atoms with van der Waals surface area (Å²) in [6.07, 6.45) is 0. The monoisotopic (exact) mass is 329 g/mol. The summed E-state index contributed by atoms with van der Waals surface area (Å²) >= 11 is 6.71. The predicted molar refractivity (Wildman–Crippen MR) is 63.1 cm³/mol. The molecule has 1 rings (SSSR count). The topological polar surface area (TPSA) is 46.2 Å². The van der Waals surface area contributed by atoms with Gasteiger partial charge in [-0.05, 0) is 49.6 Å². The molecular formula is C8H10Br2ClNO. The molecule has 5 heteroatoms. The van der Waals surface area contributed by atoms with Gasteiger partial charge in [0.1, 0.15) is 0 Å². The van der Waals surface area contributed by atoms with Gasteiger partial charge in [0.15, 0.2) is 0 Å². The van der Waals surface area contributed by atoms with Crippen molar-refractivity contribution in [3.63, 3.8) is 0 Å². The second kappa shape index (κ2) is 5.98. The molecule has 0 saturated carbocycles. The van der Waals surface area contributed by atoms with Crippen molar-refractivity contribution in [2.75, 3.05) is 6.61 Å². The molecule has 0 aromatic heterocycles. The number of halogens is 3. The Kier molecular flexibility index (Phi) is 6.16. The number of benzene rings is 1. The molecule has 3 N–H and O–H groups in total. The van der Waals surface area contributed by atoms with Crippen LogP contribution >= 0.6 is 44.3 Å². The van der Waals surface area contributed by atoms with E-state index in [1.807, 2.05) is 18.2 Å². The highest BCUT2D eigenvalue weighted by molar-refractivity contribution is 9.13. The highest BCUT2D eigenvalue weighted by atomic mass is 79.9. The van der Waals surface area contributed by atoms with Gasteiger partial charge < -0.3 is 10.8 Å². The van der Waals surface area contributed by atoms with Gasteiger partial charge in [-0.15, -0.1) is 12.4 Å². The molecule has 0 radical (unpaired) electrons. The molecule has 0 fully saturated rings. The van der Waals surface area contributed by atoms with Gasteiger partial charge >= 0.3 is 0 Å². The molecule has 0 amide bonds. The van der Waals surface area contributed by atoms with E-state index in [1.54, 1.807) is 0 Å². The summed E-state index contributed by atoms with van der Waals surface area (Å²) in [5, 5.41) is 8.80. The Balaban J connectivity index is 0.00000144. The molecule has 1 aromatic rings. The van der Waals surface area contributed by atoms with Crippen LogP contribution < -0.4 is 5.73 Å². The first-order valence-corrected chi connectivity index (χ1v) is 5.05. The lowest BCUT2D eigenvalue weighted by Gasteiger charge is -2.08. The van der Waals surface area contributed by atoms with Gasteiger partial charge in [-0.25, -0.2) is 0 Å². The van der Waals surface area contributed by atoms with Crippen LogP contribution in [0, 0.1) is 0 Å². The van der Waals surface area contributed by atoms with Crippen LogP contribution in [0.3, 0.4) is 0 Å². The summed E-state index contributed by atoms with van der Waals surface area (Å²) in [5.74, 6) is 0. The van der Waals surface area contributed by atoms with Gasteiger partial charge in [0.2, 0.25) is 0 Å². The zero-order chi connectivity index (χ0) is 9.14. The van der Waals surface area contributed by atoms with Crippen molar-refractivity contribution in [3.8, 4) is 0 Å². The average molecular weight is 331 g/mol. The molecule has 0 aliphatic rings. The van der Waals surface area contributed by atoms with E-state index in [0.29, 0.717) is 0 Å². The molecule has 0 heterocycles. The van der Waals surface area contributed by atoms with Crippen molar-refractivity contribution < 1.29 is 5.11 Å². The lowest BCUT2D eigenvalue weighted by atomic mass is 10.1. The third-order valence-corrected chi connectivity index (χ3v) is 3.45. The maximum absolute atomic E-state index is 8.80. The van der Waals surface area contributed by atoms with E-state index >= 15 is 0 Å². The van der Waals surface area contributed by atoms with Gasteiger partial charge in [0.25, 0.3) is 0 Å². The Bertz CT molecular complexity index is 283. The zero-order valence-corrected chi connectivity index (χ0v) is 10.7. The normalized spacial score (nSPS) is 12.0. The van der Waals surface area contributed by atoms with Crippen molar-refractivity contribution in [2.24, 2.45) is 5.73 Å². The minimum absolute atomic E-state index is 0. The average Bonchev–Trinajstić information content (AvgIpc) is 2.08. The number of nitrogens with two attached hydrogens (primary N) is 1. The third kappa shape index (κ3) is 3.56. The summed E-state index contributed by atoms with van der Waals surface area (Å²) < 4.78 is 1.93. The molecule has 0 aliphatic carbocycles. The van der Waals surface area contributed by atoms with Crippen LogP contribution in [-0.2, 0) is 0 Å². The molecule has 0 bridgehead atoms. The second-order valence-electron chi connectivity index (χ2n) is 2.46. The number of aliphatic hydroxyl groups is 1. The van der Waals surface area contributed by atoms with E-state index in [4.69, 9.17) is 10.8 Å². The van der Waals surface area contributed by atoms with Crippen molar-refractivity contribution in [1.29, 1.82) is 0 Å². The maximum atomic E-state index is 8.80. The van der Waals surface area contributed by atoms with Crippen LogP contribution in [0.4, 0.5) is 0 Å². The van der Waals surface area contributed by atoms with Gasteiger partial charge in [-0.3, -0.25) is 0 Å². The van der Waals surface area contributed by atoms with E-state index in [0.717, 1.165) is 14.5 Å². The number of aliphatic hydroxyl groups excluding tert-OH is 1. The smallest absolute Gasteiger partial charge is 0.0624 e. The highest BCUT2D eigenvalue weighted by Gasteiger charge is 2.05. The van der Waals surface area contributed by atoms with Crippen molar-refractivity contribution in [3.05, 3.63) is 32.7 Å². The molecule has 2 nitrogen and oxygen atoms in total. The zero-order valence-electron chi connectivity index (χ0n) is 6.71. The van der Waals surface area contributed by atoms with Crippen LogP contribution in [0.5, 0.6) is 0 Å². The van der Waals surface area contributed by atoms with Crippen LogP contribution in [0.15, 0.2) is 27.1 Å². The van der Waals surface area contributed by atoms with Crippen molar-refractivity contribution in [1.82, 2.24) is 0 Å². The van der Waals surface area contributed by atoms with E-state index < -0.39 is 0 Å². The first kappa shape index (κ1) is 13.4. The Hall–Kier alpha value is 0.390. The molecule has 0 spiro atoms. The quantitative estimate of drug-likeness (QED) is 0.875. The summed E-state index contributed by atoms with van der Waals surface area (Å²) in [7, 11) is 0.